The van der Waals surface area contributed by atoms with Crippen LogP contribution >= 0.6 is 0 Å². The summed E-state index contributed by atoms with van der Waals surface area (Å²) >= 11 is 0. The molecule has 10 heavy (non-hydrogen) atoms. The van der Waals surface area contributed by atoms with Gasteiger partial charge in [-0.05, 0) is 0 Å². The van der Waals surface area contributed by atoms with E-state index in [-0.39, 0.29) is 0 Å². The Kier molecular flexibility index (Phi) is 2.96. The summed E-state index contributed by atoms with van der Waals surface area (Å²) in [6.45, 7) is 0. The van der Waals surface area contributed by atoms with E-state index in [4.69, 9.17) is 22.5 Å². The quantitative estimate of drug-likeness (QED) is 0.487. The van der Waals surface area contributed by atoms with Crippen LogP contribution in [0.4, 0.5) is 0 Å². The zero-order valence-electron chi connectivity index (χ0n) is 5.11. The van der Waals surface area contributed by atoms with E-state index >= 15 is 0 Å². The van der Waals surface area contributed by atoms with Gasteiger partial charge >= 0.3 is 5.97 Å². The predicted octanol–water partition coefficient (Wildman–Crippen LogP) is -0.829. The molecule has 0 bridgehead atoms. The summed E-state index contributed by atoms with van der Waals surface area (Å²) in [5.41, 5.74) is 5.02. The van der Waals surface area contributed by atoms with Gasteiger partial charge in [0.15, 0.2) is 0 Å². The van der Waals surface area contributed by atoms with Gasteiger partial charge in [-0.15, -0.1) is 6.42 Å². The first-order chi connectivity index (χ1) is 4.63. The summed E-state index contributed by atoms with van der Waals surface area (Å²) in [6.07, 6.45) is 4.81. The molecule has 0 rings (SSSR count). The lowest BCUT2D eigenvalue weighted by Crippen LogP contribution is -2.36. The van der Waals surface area contributed by atoms with Crippen molar-refractivity contribution in [1.29, 1.82) is 5.26 Å². The Balaban J connectivity index is 4.23. The molecule has 0 amide bonds. The van der Waals surface area contributed by atoms with Gasteiger partial charge in [-0.1, -0.05) is 5.92 Å². The largest absolute Gasteiger partial charge is 0.480 e. The molecule has 0 aromatic rings. The minimum absolute atomic E-state index is 1.04. The van der Waals surface area contributed by atoms with Crippen molar-refractivity contribution in [3.05, 3.63) is 0 Å². The summed E-state index contributed by atoms with van der Waals surface area (Å²) < 4.78 is 0. The maximum atomic E-state index is 10.1. The Hall–Kier alpha value is -1.52. The first kappa shape index (κ1) is 8.48. The smallest absolute Gasteiger partial charge is 0.322 e. The fourth-order valence-electron chi connectivity index (χ4n) is 0.364. The van der Waals surface area contributed by atoms with Crippen LogP contribution in [0.25, 0.3) is 0 Å². The molecule has 0 fully saturated rings. The third kappa shape index (κ3) is 1.77. The number of aliphatic carboxylic acids is 1. The summed E-state index contributed by atoms with van der Waals surface area (Å²) in [6, 6.07) is 0.308. The van der Waals surface area contributed by atoms with Crippen LogP contribution < -0.4 is 5.73 Å². The predicted molar refractivity (Wildman–Crippen MR) is 33.5 cm³/mol. The number of hydrogen-bond donors (Lipinski definition) is 2. The lowest BCUT2D eigenvalue weighted by atomic mass is 10.0. The highest BCUT2D eigenvalue weighted by Gasteiger charge is 2.21. The van der Waals surface area contributed by atoms with E-state index in [0.717, 1.165) is 0 Å². The Bertz CT molecular complexity index is 197. The van der Waals surface area contributed by atoms with Crippen molar-refractivity contribution < 1.29 is 9.90 Å². The molecule has 2 atom stereocenters. The minimum atomic E-state index is -1.28. The van der Waals surface area contributed by atoms with E-state index in [1.807, 2.05) is 5.92 Å². The molecule has 0 aromatic heterocycles. The molecule has 0 heterocycles. The van der Waals surface area contributed by atoms with Crippen LogP contribution in [-0.4, -0.2) is 17.1 Å². The standard InChI is InChI=1S/C6H6N2O2/c1-2-4(3-7)5(8)6(9)10/h1,4-5H,8H2,(H,9,10)/t4-,5-/m0/s1. The molecule has 4 heteroatoms. The zero-order valence-corrected chi connectivity index (χ0v) is 5.11. The van der Waals surface area contributed by atoms with Crippen molar-refractivity contribution in [2.45, 2.75) is 6.04 Å². The first-order valence-electron chi connectivity index (χ1n) is 2.47. The van der Waals surface area contributed by atoms with Crippen molar-refractivity contribution in [1.82, 2.24) is 0 Å². The molecule has 0 radical (unpaired) electrons. The highest BCUT2D eigenvalue weighted by atomic mass is 16.4. The number of terminal acetylenes is 1. The summed E-state index contributed by atoms with van der Waals surface area (Å²) in [5.74, 6) is -0.338. The lowest BCUT2D eigenvalue weighted by Gasteiger charge is -2.04. The third-order valence-corrected chi connectivity index (χ3v) is 0.963. The number of carboxylic acids is 1. The molecule has 4 nitrogen and oxygen atoms in total. The molecule has 0 aliphatic carbocycles. The van der Waals surface area contributed by atoms with Crippen molar-refractivity contribution in [2.75, 3.05) is 0 Å². The number of carboxylic acid groups (broad SMARTS) is 1. The fourth-order valence-corrected chi connectivity index (χ4v) is 0.364. The number of nitrogens with two attached hydrogens (primary N) is 1. The molecule has 0 spiro atoms. The Morgan fingerprint density at radius 3 is 2.40 bits per heavy atom. The second kappa shape index (κ2) is 3.49. The molecule has 0 unspecified atom stereocenters. The van der Waals surface area contributed by atoms with Crippen LogP contribution in [0.1, 0.15) is 0 Å². The molecule has 3 N–H and O–H groups in total. The first-order valence-corrected chi connectivity index (χ1v) is 2.47. The van der Waals surface area contributed by atoms with Gasteiger partial charge in [0, 0.05) is 0 Å². The number of nitrogens with zero attached hydrogens (tertiary/aromatic N) is 1. The highest BCUT2D eigenvalue weighted by Crippen LogP contribution is 1.96. The molecule has 0 saturated heterocycles. The summed E-state index contributed by atoms with van der Waals surface area (Å²) in [7, 11) is 0. The van der Waals surface area contributed by atoms with Crippen LogP contribution in [0.3, 0.4) is 0 Å². The van der Waals surface area contributed by atoms with E-state index in [1.54, 1.807) is 6.07 Å². The number of hydrogen-bond acceptors (Lipinski definition) is 3. The Morgan fingerprint density at radius 1 is 1.80 bits per heavy atom. The number of rotatable bonds is 2. The van der Waals surface area contributed by atoms with Crippen LogP contribution in [0.2, 0.25) is 0 Å². The molecular formula is C6H6N2O2. The van der Waals surface area contributed by atoms with E-state index < -0.39 is 17.9 Å². The SMILES string of the molecule is C#C[C@@H](C#N)[C@H](N)C(=O)O. The molecule has 0 saturated carbocycles. The van der Waals surface area contributed by atoms with E-state index in [2.05, 4.69) is 0 Å². The number of carbonyl (C=O) groups is 1. The fraction of sp³-hybridized carbons (Fsp3) is 0.333. The van der Waals surface area contributed by atoms with Gasteiger partial charge in [-0.2, -0.15) is 5.26 Å². The van der Waals surface area contributed by atoms with Gasteiger partial charge in [-0.3, -0.25) is 4.79 Å². The zero-order chi connectivity index (χ0) is 8.15. The minimum Gasteiger partial charge on any atom is -0.480 e. The monoisotopic (exact) mass is 138 g/mol. The third-order valence-electron chi connectivity index (χ3n) is 0.963. The maximum Gasteiger partial charge on any atom is 0.322 e. The van der Waals surface area contributed by atoms with Crippen LogP contribution in [0.5, 0.6) is 0 Å². The second-order valence-electron chi connectivity index (χ2n) is 1.64. The van der Waals surface area contributed by atoms with Gasteiger partial charge in [0.1, 0.15) is 12.0 Å². The van der Waals surface area contributed by atoms with Gasteiger partial charge in [0.25, 0.3) is 0 Å². The van der Waals surface area contributed by atoms with Crippen LogP contribution in [0, 0.1) is 29.6 Å². The second-order valence-corrected chi connectivity index (χ2v) is 1.64. The topological polar surface area (TPSA) is 87.1 Å². The van der Waals surface area contributed by atoms with Crippen molar-refractivity contribution in [3.8, 4) is 18.4 Å². The van der Waals surface area contributed by atoms with Crippen LogP contribution in [0.15, 0.2) is 0 Å². The molecule has 0 aromatic carbocycles. The van der Waals surface area contributed by atoms with E-state index in [0.29, 0.717) is 0 Å². The van der Waals surface area contributed by atoms with E-state index in [9.17, 15) is 4.79 Å². The van der Waals surface area contributed by atoms with Gasteiger partial charge < -0.3 is 10.8 Å². The normalized spacial score (nSPS) is 14.3. The highest BCUT2D eigenvalue weighted by molar-refractivity contribution is 5.74. The lowest BCUT2D eigenvalue weighted by molar-refractivity contribution is -0.138. The number of nitriles is 1. The molecule has 0 aliphatic rings. The summed E-state index contributed by atoms with van der Waals surface area (Å²) in [4.78, 5) is 10.1. The maximum absolute atomic E-state index is 10.1. The van der Waals surface area contributed by atoms with Crippen LogP contribution in [-0.2, 0) is 4.79 Å². The Labute approximate surface area is 58.3 Å². The Morgan fingerprint density at radius 2 is 2.30 bits per heavy atom. The van der Waals surface area contributed by atoms with Gasteiger partial charge in [0.05, 0.1) is 6.07 Å². The molecule has 52 valence electrons. The average molecular weight is 138 g/mol. The van der Waals surface area contributed by atoms with Gasteiger partial charge in [0.2, 0.25) is 0 Å². The molecule has 0 aliphatic heterocycles. The van der Waals surface area contributed by atoms with Gasteiger partial charge in [-0.25, -0.2) is 0 Å². The van der Waals surface area contributed by atoms with Crippen molar-refractivity contribution >= 4 is 5.97 Å². The molecular weight excluding hydrogens is 132 g/mol. The summed E-state index contributed by atoms with van der Waals surface area (Å²) in [5, 5.41) is 16.5. The van der Waals surface area contributed by atoms with E-state index in [1.165, 1.54) is 0 Å². The van der Waals surface area contributed by atoms with Crippen molar-refractivity contribution in [3.63, 3.8) is 0 Å². The average Bonchev–Trinajstić information content (AvgIpc) is 1.90. The van der Waals surface area contributed by atoms with Crippen molar-refractivity contribution in [2.24, 2.45) is 11.7 Å².